The van der Waals surface area contributed by atoms with Gasteiger partial charge in [0.15, 0.2) is 0 Å². The molecule has 0 unspecified atom stereocenters. The van der Waals surface area contributed by atoms with Gasteiger partial charge in [-0.05, 0) is 72.3 Å². The van der Waals surface area contributed by atoms with Gasteiger partial charge in [0.25, 0.3) is 0 Å². The third-order valence-corrected chi connectivity index (χ3v) is 6.44. The van der Waals surface area contributed by atoms with E-state index in [4.69, 9.17) is 10.8 Å². The number of nitrogens with two attached hydrogens (primary N) is 1. The van der Waals surface area contributed by atoms with Crippen molar-refractivity contribution in [3.05, 3.63) is 83.0 Å². The van der Waals surface area contributed by atoms with Gasteiger partial charge >= 0.3 is 13.4 Å². The van der Waals surface area contributed by atoms with Gasteiger partial charge in [0.2, 0.25) is 5.91 Å². The number of aliphatic imine (C=N–C) groups is 1. The number of amides is 1. The number of carbonyl (C=O) groups excluding carboxylic acids is 1. The van der Waals surface area contributed by atoms with E-state index in [9.17, 15) is 18.2 Å². The molecular weight excluding hydrogens is 485 g/mol. The SMILES string of the molecule is N[C@H](Cc1ccc(NC(=O)CCC2=N/C(=C\c3ccc(-c4cccs4)n3B(F)F)C=C2)cc1)C(=O)O. The van der Waals surface area contributed by atoms with Crippen molar-refractivity contribution < 1.29 is 23.3 Å². The van der Waals surface area contributed by atoms with Crippen LogP contribution in [0.25, 0.3) is 16.6 Å². The Balaban J connectivity index is 1.34. The zero-order valence-corrected chi connectivity index (χ0v) is 19.9. The van der Waals surface area contributed by atoms with Gasteiger partial charge in [0.1, 0.15) is 6.04 Å². The zero-order valence-electron chi connectivity index (χ0n) is 19.1. The number of hydrogen-bond donors (Lipinski definition) is 3. The smallest absolute Gasteiger partial charge is 0.480 e. The molecule has 0 saturated carbocycles. The van der Waals surface area contributed by atoms with Gasteiger partial charge in [0, 0.05) is 28.4 Å². The monoisotopic (exact) mass is 508 g/mol. The minimum atomic E-state index is -2.69. The number of carbonyl (C=O) groups is 2. The summed E-state index contributed by atoms with van der Waals surface area (Å²) in [6, 6.07) is 12.8. The van der Waals surface area contributed by atoms with Crippen molar-refractivity contribution in [3.63, 3.8) is 0 Å². The molecule has 2 aromatic heterocycles. The minimum Gasteiger partial charge on any atom is -0.480 e. The molecular formula is C25H23BF2N4O3S. The lowest BCUT2D eigenvalue weighted by molar-refractivity contribution is -0.138. The molecule has 0 fully saturated rings. The Kier molecular flexibility index (Phi) is 7.92. The summed E-state index contributed by atoms with van der Waals surface area (Å²) in [5.74, 6) is -1.27. The fraction of sp³-hybridized carbons (Fsp3) is 0.160. The van der Waals surface area contributed by atoms with Gasteiger partial charge in [-0.25, -0.2) is 0 Å². The highest BCUT2D eigenvalue weighted by atomic mass is 32.1. The second-order valence-electron chi connectivity index (χ2n) is 8.17. The van der Waals surface area contributed by atoms with Crippen molar-refractivity contribution in [3.8, 4) is 10.6 Å². The van der Waals surface area contributed by atoms with E-state index in [2.05, 4.69) is 10.3 Å². The van der Waals surface area contributed by atoms with E-state index < -0.39 is 19.4 Å². The van der Waals surface area contributed by atoms with Crippen LogP contribution in [-0.2, 0) is 16.0 Å². The predicted molar refractivity (Wildman–Crippen MR) is 139 cm³/mol. The molecule has 1 amide bonds. The van der Waals surface area contributed by atoms with Crippen LogP contribution in [0.2, 0.25) is 0 Å². The number of thiophene rings is 1. The van der Waals surface area contributed by atoms with Gasteiger partial charge in [0.05, 0.1) is 11.4 Å². The molecule has 0 aliphatic carbocycles. The first-order chi connectivity index (χ1) is 17.3. The lowest BCUT2D eigenvalue weighted by atomic mass is 10.1. The molecule has 1 aromatic carbocycles. The average Bonchev–Trinajstić information content (AvgIpc) is 3.60. The van der Waals surface area contributed by atoms with Crippen molar-refractivity contribution in [1.82, 2.24) is 4.48 Å². The summed E-state index contributed by atoms with van der Waals surface area (Å²) >= 11 is 1.40. The van der Waals surface area contributed by atoms with E-state index in [1.54, 1.807) is 60.7 Å². The fourth-order valence-electron chi connectivity index (χ4n) is 3.75. The number of aliphatic carboxylic acids is 1. The van der Waals surface area contributed by atoms with Crippen molar-refractivity contribution in [2.24, 2.45) is 10.7 Å². The predicted octanol–water partition coefficient (Wildman–Crippen LogP) is 4.71. The van der Waals surface area contributed by atoms with Gasteiger partial charge in [-0.1, -0.05) is 18.2 Å². The van der Waals surface area contributed by atoms with Crippen LogP contribution in [0.1, 0.15) is 24.1 Å². The number of benzene rings is 1. The number of aromatic nitrogens is 1. The Labute approximate surface area is 210 Å². The van der Waals surface area contributed by atoms with E-state index in [1.165, 1.54) is 11.3 Å². The van der Waals surface area contributed by atoms with Gasteiger partial charge in [-0.3, -0.25) is 23.2 Å². The Hall–Kier alpha value is -3.83. The molecule has 1 aliphatic heterocycles. The third-order valence-electron chi connectivity index (χ3n) is 5.55. The van der Waals surface area contributed by atoms with Crippen molar-refractivity contribution >= 4 is 48.1 Å². The number of carboxylic acids is 1. The molecule has 7 nitrogen and oxygen atoms in total. The maximum absolute atomic E-state index is 13.8. The van der Waals surface area contributed by atoms with Crippen LogP contribution in [0.5, 0.6) is 0 Å². The Morgan fingerprint density at radius 2 is 1.94 bits per heavy atom. The largest absolute Gasteiger partial charge is 0.678 e. The van der Waals surface area contributed by atoms with E-state index in [1.807, 2.05) is 11.4 Å². The number of anilines is 1. The molecule has 11 heteroatoms. The normalized spacial score (nSPS) is 14.6. The topological polar surface area (TPSA) is 110 Å². The van der Waals surface area contributed by atoms with Crippen LogP contribution < -0.4 is 11.1 Å². The van der Waals surface area contributed by atoms with Gasteiger partial charge in [-0.15, -0.1) is 11.3 Å². The molecule has 184 valence electrons. The van der Waals surface area contributed by atoms with Crippen LogP contribution in [0.15, 0.2) is 76.8 Å². The molecule has 1 atom stereocenters. The number of halogens is 2. The summed E-state index contributed by atoms with van der Waals surface area (Å²) in [5.41, 5.74) is 8.91. The molecule has 4 N–H and O–H groups in total. The summed E-state index contributed by atoms with van der Waals surface area (Å²) in [7, 11) is -2.69. The van der Waals surface area contributed by atoms with Crippen LogP contribution in [-0.4, -0.2) is 40.6 Å². The summed E-state index contributed by atoms with van der Waals surface area (Å²) in [6.07, 6.45) is 5.89. The lowest BCUT2D eigenvalue weighted by Gasteiger charge is -2.08. The van der Waals surface area contributed by atoms with Gasteiger partial charge in [-0.2, -0.15) is 0 Å². The first-order valence-electron chi connectivity index (χ1n) is 11.2. The van der Waals surface area contributed by atoms with Crippen molar-refractivity contribution in [2.75, 3.05) is 5.32 Å². The Morgan fingerprint density at radius 1 is 1.17 bits per heavy atom. The van der Waals surface area contributed by atoms with Crippen molar-refractivity contribution in [1.29, 1.82) is 0 Å². The highest BCUT2D eigenvalue weighted by molar-refractivity contribution is 7.13. The average molecular weight is 508 g/mol. The van der Waals surface area contributed by atoms with E-state index in [0.717, 1.165) is 14.9 Å². The molecule has 36 heavy (non-hydrogen) atoms. The standard InChI is InChI=1S/C25H23BF2N4O3S/c27-26(28)32-20(10-11-22(32)23-2-1-13-36-23)15-19-8-7-17(30-19)9-12-24(33)31-18-5-3-16(4-6-18)14-21(29)25(34)35/h1-8,10-11,13,15,21H,9,12,14,29H2,(H,31,33)(H,34,35)/b19-15-/t21-/m1/s1. The number of nitrogens with one attached hydrogen (secondary N) is 1. The van der Waals surface area contributed by atoms with E-state index in [0.29, 0.717) is 34.9 Å². The molecule has 1 aliphatic rings. The summed E-state index contributed by atoms with van der Waals surface area (Å²) < 4.78 is 28.5. The van der Waals surface area contributed by atoms with E-state index in [-0.39, 0.29) is 18.7 Å². The Bertz CT molecular complexity index is 1330. The Morgan fingerprint density at radius 3 is 2.61 bits per heavy atom. The first-order valence-corrected chi connectivity index (χ1v) is 12.1. The lowest BCUT2D eigenvalue weighted by Crippen LogP contribution is -2.32. The number of hydrogen-bond acceptors (Lipinski definition) is 5. The second-order valence-corrected chi connectivity index (χ2v) is 9.12. The molecule has 3 heterocycles. The summed E-state index contributed by atoms with van der Waals surface area (Å²) in [5, 5.41) is 13.5. The van der Waals surface area contributed by atoms with Gasteiger partial charge < -0.3 is 20.6 Å². The summed E-state index contributed by atoms with van der Waals surface area (Å²) in [4.78, 5) is 28.4. The van der Waals surface area contributed by atoms with Crippen LogP contribution in [0.3, 0.4) is 0 Å². The second kappa shape index (κ2) is 11.3. The van der Waals surface area contributed by atoms with Crippen LogP contribution in [0.4, 0.5) is 14.3 Å². The van der Waals surface area contributed by atoms with Crippen LogP contribution >= 0.6 is 11.3 Å². The van der Waals surface area contributed by atoms with E-state index >= 15 is 0 Å². The van der Waals surface area contributed by atoms with Crippen LogP contribution in [0, 0.1) is 0 Å². The highest BCUT2D eigenvalue weighted by Gasteiger charge is 2.24. The third kappa shape index (κ3) is 6.24. The maximum Gasteiger partial charge on any atom is 0.678 e. The fourth-order valence-corrected chi connectivity index (χ4v) is 4.50. The highest BCUT2D eigenvalue weighted by Crippen LogP contribution is 2.29. The first kappa shape index (κ1) is 25.3. The number of allylic oxidation sites excluding steroid dienone is 2. The zero-order chi connectivity index (χ0) is 25.7. The molecule has 3 aromatic rings. The number of nitrogens with zero attached hydrogens (tertiary/aromatic N) is 2. The minimum absolute atomic E-state index is 0.192. The quantitative estimate of drug-likeness (QED) is 0.345. The molecule has 0 spiro atoms. The molecule has 4 rings (SSSR count). The molecule has 0 bridgehead atoms. The number of carboxylic acid groups (broad SMARTS) is 1. The molecule has 0 saturated heterocycles. The maximum atomic E-state index is 13.8. The summed E-state index contributed by atoms with van der Waals surface area (Å²) in [6.45, 7) is 0. The number of rotatable bonds is 10. The molecule has 0 radical (unpaired) electrons. The van der Waals surface area contributed by atoms with Crippen molar-refractivity contribution in [2.45, 2.75) is 25.3 Å².